The monoisotopic (exact) mass is 521 g/mol. The molecule has 1 aliphatic rings. The lowest BCUT2D eigenvalue weighted by Crippen LogP contribution is -2.36. The summed E-state index contributed by atoms with van der Waals surface area (Å²) in [6.07, 6.45) is 1.91. The van der Waals surface area contributed by atoms with Crippen LogP contribution in [0.15, 0.2) is 83.9 Å². The van der Waals surface area contributed by atoms with Crippen molar-refractivity contribution in [2.45, 2.75) is 17.9 Å². The number of anilines is 1. The van der Waals surface area contributed by atoms with Crippen LogP contribution in [0.2, 0.25) is 0 Å². The number of para-hydroxylation sites is 1. The third-order valence-corrected chi connectivity index (χ3v) is 7.59. The highest BCUT2D eigenvalue weighted by Crippen LogP contribution is 2.36. The SMILES string of the molecule is COc1ccc(-c2cc(-c3ccc(OC)cc3)c(C#N)c(SCC(=O)N3CCCc4ccccc43)n2)cc1. The van der Waals surface area contributed by atoms with Gasteiger partial charge in [-0.3, -0.25) is 4.79 Å². The highest BCUT2D eigenvalue weighted by Gasteiger charge is 2.23. The van der Waals surface area contributed by atoms with E-state index in [1.54, 1.807) is 14.2 Å². The van der Waals surface area contributed by atoms with Gasteiger partial charge in [0.1, 0.15) is 22.6 Å². The summed E-state index contributed by atoms with van der Waals surface area (Å²) in [7, 11) is 3.25. The second-order valence-electron chi connectivity index (χ2n) is 8.87. The number of hydrogen-bond donors (Lipinski definition) is 0. The van der Waals surface area contributed by atoms with Crippen LogP contribution in [0.1, 0.15) is 17.5 Å². The Labute approximate surface area is 226 Å². The number of nitrogens with zero attached hydrogens (tertiary/aromatic N) is 3. The molecule has 5 rings (SSSR count). The normalized spacial score (nSPS) is 12.4. The van der Waals surface area contributed by atoms with Crippen molar-refractivity contribution in [2.75, 3.05) is 31.4 Å². The number of methoxy groups -OCH3 is 2. The Morgan fingerprint density at radius 3 is 2.29 bits per heavy atom. The molecule has 0 fully saturated rings. The van der Waals surface area contributed by atoms with Gasteiger partial charge in [0.2, 0.25) is 5.91 Å². The average Bonchev–Trinajstić information content (AvgIpc) is 2.99. The van der Waals surface area contributed by atoms with E-state index >= 15 is 0 Å². The molecule has 2 heterocycles. The number of aryl methyl sites for hydroxylation is 1. The molecule has 38 heavy (non-hydrogen) atoms. The van der Waals surface area contributed by atoms with Crippen LogP contribution in [-0.4, -0.2) is 37.4 Å². The summed E-state index contributed by atoms with van der Waals surface area (Å²) in [5, 5.41) is 10.7. The zero-order valence-electron chi connectivity index (χ0n) is 21.3. The summed E-state index contributed by atoms with van der Waals surface area (Å²) < 4.78 is 10.6. The highest BCUT2D eigenvalue weighted by atomic mass is 32.2. The number of fused-ring (bicyclic) bond motifs is 1. The lowest BCUT2D eigenvalue weighted by molar-refractivity contribution is -0.116. The van der Waals surface area contributed by atoms with Gasteiger partial charge in [0, 0.05) is 23.4 Å². The summed E-state index contributed by atoms with van der Waals surface area (Å²) in [5.41, 5.74) is 5.86. The van der Waals surface area contributed by atoms with E-state index in [9.17, 15) is 10.1 Å². The molecule has 0 bridgehead atoms. The molecular weight excluding hydrogens is 494 g/mol. The highest BCUT2D eigenvalue weighted by molar-refractivity contribution is 8.00. The van der Waals surface area contributed by atoms with Gasteiger partial charge >= 0.3 is 0 Å². The van der Waals surface area contributed by atoms with Crippen LogP contribution in [0.25, 0.3) is 22.4 Å². The van der Waals surface area contributed by atoms with E-state index in [2.05, 4.69) is 12.1 Å². The molecule has 190 valence electrons. The first-order valence-electron chi connectivity index (χ1n) is 12.4. The number of hydrogen-bond acceptors (Lipinski definition) is 6. The Kier molecular flexibility index (Phi) is 7.62. The Hall–Kier alpha value is -4.28. The van der Waals surface area contributed by atoms with Crippen LogP contribution in [0.3, 0.4) is 0 Å². The van der Waals surface area contributed by atoms with E-state index < -0.39 is 0 Å². The first-order valence-corrected chi connectivity index (χ1v) is 13.3. The zero-order valence-corrected chi connectivity index (χ0v) is 22.1. The van der Waals surface area contributed by atoms with Crippen LogP contribution in [0.5, 0.6) is 11.5 Å². The predicted molar refractivity (Wildman–Crippen MR) is 151 cm³/mol. The number of ether oxygens (including phenoxy) is 2. The fourth-order valence-electron chi connectivity index (χ4n) is 4.64. The van der Waals surface area contributed by atoms with Crippen LogP contribution in [0, 0.1) is 11.3 Å². The topological polar surface area (TPSA) is 75.5 Å². The second-order valence-corrected chi connectivity index (χ2v) is 9.83. The van der Waals surface area contributed by atoms with Gasteiger partial charge in [-0.2, -0.15) is 5.26 Å². The van der Waals surface area contributed by atoms with Crippen LogP contribution < -0.4 is 14.4 Å². The molecule has 0 N–H and O–H groups in total. The number of amides is 1. The molecular formula is C31H27N3O3S. The predicted octanol–water partition coefficient (Wildman–Crippen LogP) is 6.38. The molecule has 0 unspecified atom stereocenters. The molecule has 1 aromatic heterocycles. The standard InChI is InChI=1S/C31H27N3O3S/c1-36-24-13-9-21(10-14-24)26-18-28(22-11-15-25(37-2)16-12-22)33-31(27(26)19-32)38-20-30(35)34-17-5-7-23-6-3-4-8-29(23)34/h3-4,6,8-16,18H,5,7,17,20H2,1-2H3. The number of thioether (sulfide) groups is 1. The number of nitriles is 1. The molecule has 1 amide bonds. The fraction of sp³-hybridized carbons (Fsp3) is 0.194. The minimum atomic E-state index is 0.00804. The maximum atomic E-state index is 13.4. The summed E-state index contributed by atoms with van der Waals surface area (Å²) in [5.74, 6) is 1.68. The fourth-order valence-corrected chi connectivity index (χ4v) is 5.52. The number of pyridine rings is 1. The Morgan fingerprint density at radius 2 is 1.63 bits per heavy atom. The van der Waals surface area contributed by atoms with Crippen molar-refractivity contribution in [3.05, 3.63) is 90.0 Å². The smallest absolute Gasteiger partial charge is 0.237 e. The van der Waals surface area contributed by atoms with E-state index in [0.29, 0.717) is 17.1 Å². The molecule has 0 saturated heterocycles. The lowest BCUT2D eigenvalue weighted by Gasteiger charge is -2.29. The van der Waals surface area contributed by atoms with Crippen molar-refractivity contribution in [1.82, 2.24) is 4.98 Å². The van der Waals surface area contributed by atoms with Crippen molar-refractivity contribution in [3.8, 4) is 40.0 Å². The second kappa shape index (κ2) is 11.4. The minimum absolute atomic E-state index is 0.00804. The number of benzene rings is 3. The molecule has 0 atom stereocenters. The summed E-state index contributed by atoms with van der Waals surface area (Å²) in [6.45, 7) is 0.692. The van der Waals surface area contributed by atoms with Gasteiger partial charge in [-0.1, -0.05) is 42.1 Å². The van der Waals surface area contributed by atoms with E-state index in [0.717, 1.165) is 52.4 Å². The van der Waals surface area contributed by atoms with E-state index in [1.807, 2.05) is 77.7 Å². The summed E-state index contributed by atoms with van der Waals surface area (Å²) >= 11 is 1.31. The van der Waals surface area contributed by atoms with Crippen LogP contribution in [0.4, 0.5) is 5.69 Å². The molecule has 4 aromatic rings. The van der Waals surface area contributed by atoms with Gasteiger partial charge in [0.25, 0.3) is 0 Å². The Bertz CT molecular complexity index is 1490. The van der Waals surface area contributed by atoms with Crippen molar-refractivity contribution in [2.24, 2.45) is 0 Å². The third kappa shape index (κ3) is 5.22. The van der Waals surface area contributed by atoms with E-state index in [1.165, 1.54) is 17.3 Å². The first kappa shape index (κ1) is 25.4. The number of carbonyl (C=O) groups excluding carboxylic acids is 1. The number of carbonyl (C=O) groups is 1. The number of aromatic nitrogens is 1. The molecule has 6 nitrogen and oxygen atoms in total. The maximum absolute atomic E-state index is 13.4. The van der Waals surface area contributed by atoms with Crippen molar-refractivity contribution in [3.63, 3.8) is 0 Å². The molecule has 0 aliphatic carbocycles. The molecule has 0 spiro atoms. The molecule has 1 aliphatic heterocycles. The summed E-state index contributed by atoms with van der Waals surface area (Å²) in [4.78, 5) is 20.1. The average molecular weight is 522 g/mol. The third-order valence-electron chi connectivity index (χ3n) is 6.63. The van der Waals surface area contributed by atoms with Crippen molar-refractivity contribution in [1.29, 1.82) is 5.26 Å². The van der Waals surface area contributed by atoms with Gasteiger partial charge < -0.3 is 14.4 Å². The molecule has 0 saturated carbocycles. The number of rotatable bonds is 7. The molecule has 3 aromatic carbocycles. The van der Waals surface area contributed by atoms with Crippen molar-refractivity contribution < 1.29 is 14.3 Å². The minimum Gasteiger partial charge on any atom is -0.497 e. The van der Waals surface area contributed by atoms with Crippen LogP contribution in [-0.2, 0) is 11.2 Å². The lowest BCUT2D eigenvalue weighted by atomic mass is 9.99. The first-order chi connectivity index (χ1) is 18.6. The summed E-state index contributed by atoms with van der Waals surface area (Å²) in [6, 6.07) is 27.6. The van der Waals surface area contributed by atoms with E-state index in [4.69, 9.17) is 14.5 Å². The van der Waals surface area contributed by atoms with Crippen LogP contribution >= 0.6 is 11.8 Å². The Morgan fingerprint density at radius 1 is 0.974 bits per heavy atom. The molecule has 0 radical (unpaired) electrons. The van der Waals surface area contributed by atoms with Crippen molar-refractivity contribution >= 4 is 23.4 Å². The maximum Gasteiger partial charge on any atom is 0.237 e. The van der Waals surface area contributed by atoms with Gasteiger partial charge in [-0.05, 0) is 72.5 Å². The Balaban J connectivity index is 1.51. The zero-order chi connectivity index (χ0) is 26.5. The quantitative estimate of drug-likeness (QED) is 0.263. The van der Waals surface area contributed by atoms with Gasteiger partial charge in [-0.25, -0.2) is 4.98 Å². The molecule has 7 heteroatoms. The largest absolute Gasteiger partial charge is 0.497 e. The van der Waals surface area contributed by atoms with Gasteiger partial charge in [-0.15, -0.1) is 0 Å². The van der Waals surface area contributed by atoms with E-state index in [-0.39, 0.29) is 11.7 Å². The van der Waals surface area contributed by atoms with Gasteiger partial charge in [0.15, 0.2) is 0 Å². The van der Waals surface area contributed by atoms with Gasteiger partial charge in [0.05, 0.1) is 31.2 Å².